The molecule has 6 aromatic rings. The van der Waals surface area contributed by atoms with Crippen LogP contribution >= 0.6 is 0 Å². The smallest absolute Gasteiger partial charge is 0.298 e. The van der Waals surface area contributed by atoms with Crippen LogP contribution in [0.5, 0.6) is 11.5 Å². The van der Waals surface area contributed by atoms with Crippen LogP contribution in [0.15, 0.2) is 103 Å². The van der Waals surface area contributed by atoms with Gasteiger partial charge >= 0.3 is 0 Å². The molecule has 0 amide bonds. The van der Waals surface area contributed by atoms with Crippen LogP contribution in [0.2, 0.25) is 0 Å². The number of carbonyl (C=O) groups is 2. The number of rotatable bonds is 7. The summed E-state index contributed by atoms with van der Waals surface area (Å²) in [5, 5.41) is 2.33. The van der Waals surface area contributed by atoms with Crippen molar-refractivity contribution in [3.05, 3.63) is 137 Å². The fourth-order valence-electron chi connectivity index (χ4n) is 6.39. The molecule has 232 valence electrons. The molecule has 0 bridgehead atoms. The van der Waals surface area contributed by atoms with Crippen molar-refractivity contribution >= 4 is 23.7 Å². The minimum atomic E-state index is 0.266. The van der Waals surface area contributed by atoms with Crippen LogP contribution in [-0.4, -0.2) is 27.9 Å². The number of allylic oxidation sites excluding steroid dienone is 2. The Hall–Kier alpha value is -6.39. The molecule has 0 atom stereocenters. The third-order valence-corrected chi connectivity index (χ3v) is 8.49. The van der Waals surface area contributed by atoms with Crippen LogP contribution in [0.1, 0.15) is 33.4 Å². The average molecular weight is 628 g/mol. The SMILES string of the molecule is Cc1cccc(C)c1-c1c2c(c(C#Cc3ccnc(-c4cc(OC=O)cc(-c5cc(OC=O)ccn5)n4)c3)c3ccccc13)CC=CC2. The van der Waals surface area contributed by atoms with Gasteiger partial charge in [0.1, 0.15) is 11.5 Å². The van der Waals surface area contributed by atoms with Crippen molar-refractivity contribution in [3.63, 3.8) is 0 Å². The quantitative estimate of drug-likeness (QED) is 0.101. The lowest BCUT2D eigenvalue weighted by Crippen LogP contribution is -2.06. The first-order chi connectivity index (χ1) is 23.5. The Morgan fingerprint density at radius 2 is 1.25 bits per heavy atom. The molecule has 7 nitrogen and oxygen atoms in total. The number of hydrogen-bond acceptors (Lipinski definition) is 7. The van der Waals surface area contributed by atoms with Gasteiger partial charge in [-0.25, -0.2) is 4.98 Å². The summed E-state index contributed by atoms with van der Waals surface area (Å²) in [6, 6.07) is 25.1. The number of fused-ring (bicyclic) bond motifs is 2. The van der Waals surface area contributed by atoms with Gasteiger partial charge in [0, 0.05) is 41.7 Å². The highest BCUT2D eigenvalue weighted by atomic mass is 16.5. The molecule has 0 saturated carbocycles. The molecule has 0 N–H and O–H groups in total. The number of ether oxygens (including phenoxy) is 2. The lowest BCUT2D eigenvalue weighted by atomic mass is 9.80. The maximum Gasteiger partial charge on any atom is 0.298 e. The Kier molecular flexibility index (Phi) is 8.29. The Morgan fingerprint density at radius 3 is 1.98 bits per heavy atom. The van der Waals surface area contributed by atoms with Crippen LogP contribution in [0.4, 0.5) is 0 Å². The van der Waals surface area contributed by atoms with Gasteiger partial charge in [-0.3, -0.25) is 19.6 Å². The van der Waals surface area contributed by atoms with E-state index in [1.807, 2.05) is 12.1 Å². The van der Waals surface area contributed by atoms with Gasteiger partial charge in [-0.05, 0) is 89.0 Å². The monoisotopic (exact) mass is 627 g/mol. The molecule has 0 saturated heterocycles. The van der Waals surface area contributed by atoms with Gasteiger partial charge in [-0.15, -0.1) is 0 Å². The number of nitrogens with zero attached hydrogens (tertiary/aromatic N) is 3. The molecular weight excluding hydrogens is 598 g/mol. The van der Waals surface area contributed by atoms with Crippen LogP contribution in [0, 0.1) is 25.7 Å². The zero-order valence-electron chi connectivity index (χ0n) is 26.4. The minimum Gasteiger partial charge on any atom is -0.429 e. The van der Waals surface area contributed by atoms with Gasteiger partial charge < -0.3 is 9.47 Å². The standard InChI is InChI=1S/C41H29N3O4/c1-26-8-7-9-27(2)40(26)41-34-12-5-3-10-31(34)33(32-11-4-6-13-35(32)41)15-14-28-16-18-42-36(20-28)38-22-30(48-25-46)23-39(44-38)37-21-29(47-24-45)17-19-43-37/h3-10,12,16-25H,11,13H2,1-2H3. The zero-order chi connectivity index (χ0) is 33.0. The Bertz CT molecular complexity index is 2310. The van der Waals surface area contributed by atoms with Crippen molar-refractivity contribution in [1.82, 2.24) is 15.0 Å². The van der Waals surface area contributed by atoms with E-state index < -0.39 is 0 Å². The van der Waals surface area contributed by atoms with Crippen LogP contribution in [0.3, 0.4) is 0 Å². The van der Waals surface area contributed by atoms with Crippen LogP contribution < -0.4 is 9.47 Å². The van der Waals surface area contributed by atoms with Gasteiger partial charge in [-0.1, -0.05) is 66.5 Å². The Labute approximate surface area is 278 Å². The summed E-state index contributed by atoms with van der Waals surface area (Å²) in [6.45, 7) is 5.06. The molecular formula is C41H29N3O4. The predicted octanol–water partition coefficient (Wildman–Crippen LogP) is 7.77. The highest BCUT2D eigenvalue weighted by molar-refractivity contribution is 6.04. The van der Waals surface area contributed by atoms with Gasteiger partial charge in [0.05, 0.1) is 22.8 Å². The maximum atomic E-state index is 11.3. The minimum absolute atomic E-state index is 0.266. The predicted molar refractivity (Wildman–Crippen MR) is 185 cm³/mol. The van der Waals surface area contributed by atoms with Gasteiger partial charge in [0.2, 0.25) is 0 Å². The summed E-state index contributed by atoms with van der Waals surface area (Å²) in [5.74, 6) is 7.54. The van der Waals surface area contributed by atoms with E-state index in [0.717, 1.165) is 29.4 Å². The molecule has 0 spiro atoms. The fourth-order valence-corrected chi connectivity index (χ4v) is 6.39. The van der Waals surface area contributed by atoms with Gasteiger partial charge in [0.15, 0.2) is 0 Å². The molecule has 48 heavy (non-hydrogen) atoms. The fraction of sp³-hybridized carbons (Fsp3) is 0.0976. The first-order valence-electron chi connectivity index (χ1n) is 15.5. The topological polar surface area (TPSA) is 91.3 Å². The second-order valence-electron chi connectivity index (χ2n) is 11.5. The van der Waals surface area contributed by atoms with E-state index in [1.165, 1.54) is 45.0 Å². The Balaban J connectivity index is 1.34. The third-order valence-electron chi connectivity index (χ3n) is 8.49. The lowest BCUT2D eigenvalue weighted by Gasteiger charge is -2.24. The van der Waals surface area contributed by atoms with Crippen LogP contribution in [-0.2, 0) is 22.4 Å². The summed E-state index contributed by atoms with van der Waals surface area (Å²) < 4.78 is 10.2. The summed E-state index contributed by atoms with van der Waals surface area (Å²) >= 11 is 0. The van der Waals surface area contributed by atoms with Crippen LogP contribution in [0.25, 0.3) is 44.7 Å². The van der Waals surface area contributed by atoms with Crippen molar-refractivity contribution in [3.8, 4) is 57.2 Å². The van der Waals surface area contributed by atoms with Gasteiger partial charge in [0.25, 0.3) is 12.9 Å². The molecule has 7 heteroatoms. The number of carbonyl (C=O) groups excluding carboxylic acids is 2. The number of benzene rings is 3. The van der Waals surface area contributed by atoms with E-state index in [4.69, 9.17) is 14.5 Å². The van der Waals surface area contributed by atoms with Crippen molar-refractivity contribution in [2.24, 2.45) is 0 Å². The zero-order valence-corrected chi connectivity index (χ0v) is 26.4. The molecule has 0 radical (unpaired) electrons. The molecule has 0 aliphatic heterocycles. The average Bonchev–Trinajstić information content (AvgIpc) is 3.11. The number of aromatic nitrogens is 3. The third kappa shape index (κ3) is 5.83. The highest BCUT2D eigenvalue weighted by Crippen LogP contribution is 2.42. The molecule has 1 aliphatic rings. The van der Waals surface area contributed by atoms with E-state index in [2.05, 4.69) is 90.3 Å². The van der Waals surface area contributed by atoms with Crippen molar-refractivity contribution in [2.75, 3.05) is 0 Å². The first kappa shape index (κ1) is 30.3. The highest BCUT2D eigenvalue weighted by Gasteiger charge is 2.22. The maximum absolute atomic E-state index is 11.3. The Morgan fingerprint density at radius 1 is 0.625 bits per heavy atom. The number of hydrogen-bond donors (Lipinski definition) is 0. The molecule has 0 unspecified atom stereocenters. The van der Waals surface area contributed by atoms with Crippen molar-refractivity contribution < 1.29 is 19.1 Å². The normalized spacial score (nSPS) is 11.7. The lowest BCUT2D eigenvalue weighted by molar-refractivity contribution is -0.121. The number of aryl methyl sites for hydroxylation is 2. The van der Waals surface area contributed by atoms with Crippen molar-refractivity contribution in [2.45, 2.75) is 26.7 Å². The van der Waals surface area contributed by atoms with Crippen molar-refractivity contribution in [1.29, 1.82) is 0 Å². The van der Waals surface area contributed by atoms with E-state index >= 15 is 0 Å². The summed E-state index contributed by atoms with van der Waals surface area (Å²) in [7, 11) is 0. The molecule has 3 heterocycles. The molecule has 3 aromatic heterocycles. The molecule has 1 aliphatic carbocycles. The largest absolute Gasteiger partial charge is 0.429 e. The summed E-state index contributed by atoms with van der Waals surface area (Å²) in [5.41, 5.74) is 11.3. The summed E-state index contributed by atoms with van der Waals surface area (Å²) in [6.07, 6.45) is 9.34. The number of pyridine rings is 3. The van der Waals surface area contributed by atoms with E-state index in [-0.39, 0.29) is 5.75 Å². The first-order valence-corrected chi connectivity index (χ1v) is 15.5. The van der Waals surface area contributed by atoms with Gasteiger partial charge in [-0.2, -0.15) is 0 Å². The molecule has 3 aromatic carbocycles. The molecule has 0 fully saturated rings. The van der Waals surface area contributed by atoms with E-state index in [9.17, 15) is 9.59 Å². The van der Waals surface area contributed by atoms with E-state index in [0.29, 0.717) is 41.5 Å². The molecule has 7 rings (SSSR count). The second kappa shape index (κ2) is 13.1. The summed E-state index contributed by atoms with van der Waals surface area (Å²) in [4.78, 5) is 35.8. The van der Waals surface area contributed by atoms with E-state index in [1.54, 1.807) is 30.5 Å². The second-order valence-corrected chi connectivity index (χ2v) is 11.5.